The summed E-state index contributed by atoms with van der Waals surface area (Å²) in [5.74, 6) is 0. The Morgan fingerprint density at radius 2 is 1.93 bits per heavy atom. The first kappa shape index (κ1) is 18.8. The number of nitrogens with zero attached hydrogens (tertiary/aromatic N) is 2. The van der Waals surface area contributed by atoms with Crippen molar-refractivity contribution in [3.05, 3.63) is 59.9 Å². The summed E-state index contributed by atoms with van der Waals surface area (Å²) in [6, 6.07) is 11.5. The van der Waals surface area contributed by atoms with Crippen molar-refractivity contribution in [1.82, 2.24) is 15.3 Å². The molecule has 0 bridgehead atoms. The second kappa shape index (κ2) is 7.48. The van der Waals surface area contributed by atoms with Crippen molar-refractivity contribution in [2.45, 2.75) is 37.6 Å². The minimum atomic E-state index is -4.48. The Balaban J connectivity index is 1.77. The van der Waals surface area contributed by atoms with Gasteiger partial charge in [-0.1, -0.05) is 24.6 Å². The number of halogens is 3. The van der Waals surface area contributed by atoms with Gasteiger partial charge < -0.3 is 10.4 Å². The molecule has 2 aromatic heterocycles. The summed E-state index contributed by atoms with van der Waals surface area (Å²) in [7, 11) is 0. The van der Waals surface area contributed by atoms with Crippen molar-refractivity contribution in [3.8, 4) is 11.3 Å². The third-order valence-corrected chi connectivity index (χ3v) is 5.15. The third kappa shape index (κ3) is 3.72. The number of piperidine rings is 1. The number of fused-ring (bicyclic) bond motifs is 1. The molecule has 0 radical (unpaired) electrons. The molecule has 2 N–H and O–H groups in total. The zero-order valence-corrected chi connectivity index (χ0v) is 15.1. The Morgan fingerprint density at radius 3 is 2.61 bits per heavy atom. The second-order valence-corrected chi connectivity index (χ2v) is 7.04. The molecule has 0 spiro atoms. The number of pyridine rings is 2. The second-order valence-electron chi connectivity index (χ2n) is 7.04. The van der Waals surface area contributed by atoms with Crippen LogP contribution in [0.2, 0.25) is 0 Å². The van der Waals surface area contributed by atoms with Crippen LogP contribution in [0, 0.1) is 0 Å². The SMILES string of the molecule is O[C@@H](c1cc(-c2ccc(C(F)(F)F)nc2)nc2ccccc12)C1CCCCN1. The monoisotopic (exact) mass is 387 g/mol. The van der Waals surface area contributed by atoms with Crippen LogP contribution in [0.15, 0.2) is 48.7 Å². The van der Waals surface area contributed by atoms with Gasteiger partial charge in [0.1, 0.15) is 5.69 Å². The lowest BCUT2D eigenvalue weighted by molar-refractivity contribution is -0.141. The fourth-order valence-corrected chi connectivity index (χ4v) is 3.67. The Hall–Kier alpha value is -2.51. The molecule has 4 nitrogen and oxygen atoms in total. The number of benzene rings is 1. The standard InChI is InChI=1S/C21H20F3N3O/c22-21(23,24)19-9-8-13(12-26-19)18-11-15(14-5-1-2-6-16(14)27-18)20(28)17-7-3-4-10-25-17/h1-2,5-6,8-9,11-12,17,20,25,28H,3-4,7,10H2/t17?,20-/m0/s1. The normalized spacial score (nSPS) is 18.9. The number of aliphatic hydroxyl groups excluding tert-OH is 1. The predicted octanol–water partition coefficient (Wildman–Crippen LogP) is 4.49. The summed E-state index contributed by atoms with van der Waals surface area (Å²) in [5.41, 5.74) is 1.43. The van der Waals surface area contributed by atoms with E-state index in [4.69, 9.17) is 0 Å². The summed E-state index contributed by atoms with van der Waals surface area (Å²) < 4.78 is 38.4. The molecule has 0 saturated carbocycles. The number of hydrogen-bond donors (Lipinski definition) is 2. The zero-order chi connectivity index (χ0) is 19.7. The maximum atomic E-state index is 12.8. The molecule has 1 saturated heterocycles. The third-order valence-electron chi connectivity index (χ3n) is 5.15. The van der Waals surface area contributed by atoms with Gasteiger partial charge in [0.15, 0.2) is 0 Å². The van der Waals surface area contributed by atoms with Gasteiger partial charge in [0.25, 0.3) is 0 Å². The Labute approximate surface area is 160 Å². The fraction of sp³-hybridized carbons (Fsp3) is 0.333. The van der Waals surface area contributed by atoms with Gasteiger partial charge in [-0.05, 0) is 49.2 Å². The van der Waals surface area contributed by atoms with Crippen molar-refractivity contribution >= 4 is 10.9 Å². The lowest BCUT2D eigenvalue weighted by Crippen LogP contribution is -2.38. The zero-order valence-electron chi connectivity index (χ0n) is 15.1. The van der Waals surface area contributed by atoms with E-state index in [9.17, 15) is 18.3 Å². The lowest BCUT2D eigenvalue weighted by Gasteiger charge is -2.29. The Bertz CT molecular complexity index is 967. The highest BCUT2D eigenvalue weighted by Gasteiger charge is 2.32. The van der Waals surface area contributed by atoms with E-state index in [1.807, 2.05) is 24.3 Å². The van der Waals surface area contributed by atoms with Gasteiger partial charge in [-0.2, -0.15) is 13.2 Å². The van der Waals surface area contributed by atoms with E-state index in [0.717, 1.165) is 42.8 Å². The average molecular weight is 387 g/mol. The molecule has 1 aliphatic rings. The van der Waals surface area contributed by atoms with Gasteiger partial charge in [-0.25, -0.2) is 4.98 Å². The Kier molecular flexibility index (Phi) is 5.03. The first-order valence-electron chi connectivity index (χ1n) is 9.28. The van der Waals surface area contributed by atoms with Crippen molar-refractivity contribution in [2.75, 3.05) is 6.54 Å². The molecule has 2 atom stereocenters. The van der Waals surface area contributed by atoms with Crippen molar-refractivity contribution in [2.24, 2.45) is 0 Å². The molecule has 0 aliphatic carbocycles. The molecule has 4 rings (SSSR count). The highest BCUT2D eigenvalue weighted by atomic mass is 19.4. The topological polar surface area (TPSA) is 58.0 Å². The van der Waals surface area contributed by atoms with E-state index >= 15 is 0 Å². The highest BCUT2D eigenvalue weighted by molar-refractivity contribution is 5.85. The van der Waals surface area contributed by atoms with Crippen molar-refractivity contribution in [3.63, 3.8) is 0 Å². The molecule has 3 heterocycles. The molecule has 1 fully saturated rings. The maximum Gasteiger partial charge on any atom is 0.433 e. The predicted molar refractivity (Wildman–Crippen MR) is 101 cm³/mol. The number of para-hydroxylation sites is 1. The van der Waals surface area contributed by atoms with Crippen LogP contribution in [0.3, 0.4) is 0 Å². The van der Waals surface area contributed by atoms with Gasteiger partial charge >= 0.3 is 6.18 Å². The highest BCUT2D eigenvalue weighted by Crippen LogP contribution is 2.33. The summed E-state index contributed by atoms with van der Waals surface area (Å²) >= 11 is 0. The summed E-state index contributed by atoms with van der Waals surface area (Å²) in [6.07, 6.45) is -1.03. The van der Waals surface area contributed by atoms with Crippen LogP contribution in [0.25, 0.3) is 22.2 Å². The van der Waals surface area contributed by atoms with Gasteiger partial charge in [0.05, 0.1) is 17.3 Å². The molecular weight excluding hydrogens is 367 g/mol. The number of alkyl halides is 3. The van der Waals surface area contributed by atoms with E-state index in [1.54, 1.807) is 6.07 Å². The van der Waals surface area contributed by atoms with E-state index in [2.05, 4.69) is 15.3 Å². The molecule has 1 aliphatic heterocycles. The molecule has 1 aromatic carbocycles. The van der Waals surface area contributed by atoms with Crippen molar-refractivity contribution in [1.29, 1.82) is 0 Å². The molecule has 0 amide bonds. The number of rotatable bonds is 3. The summed E-state index contributed by atoms with van der Waals surface area (Å²) in [6.45, 7) is 0.862. The van der Waals surface area contributed by atoms with E-state index in [0.29, 0.717) is 16.8 Å². The molecule has 146 valence electrons. The lowest BCUT2D eigenvalue weighted by atomic mass is 9.92. The first-order chi connectivity index (χ1) is 13.4. The fourth-order valence-electron chi connectivity index (χ4n) is 3.67. The molecule has 1 unspecified atom stereocenters. The van der Waals surface area contributed by atoms with Gasteiger partial charge in [0.2, 0.25) is 0 Å². The quantitative estimate of drug-likeness (QED) is 0.695. The van der Waals surface area contributed by atoms with Crippen LogP contribution in [0.5, 0.6) is 0 Å². The van der Waals surface area contributed by atoms with Crippen molar-refractivity contribution < 1.29 is 18.3 Å². The van der Waals surface area contributed by atoms with Gasteiger partial charge in [-0.15, -0.1) is 0 Å². The van der Waals surface area contributed by atoms with E-state index < -0.39 is 18.0 Å². The number of aromatic nitrogens is 2. The van der Waals surface area contributed by atoms with Crippen LogP contribution in [0.1, 0.15) is 36.6 Å². The van der Waals surface area contributed by atoms with Gasteiger partial charge in [0, 0.05) is 23.2 Å². The van der Waals surface area contributed by atoms with Crippen LogP contribution in [-0.4, -0.2) is 27.7 Å². The first-order valence-corrected chi connectivity index (χ1v) is 9.28. The smallest absolute Gasteiger partial charge is 0.387 e. The molecule has 28 heavy (non-hydrogen) atoms. The average Bonchev–Trinajstić information content (AvgIpc) is 2.72. The molecule has 3 aromatic rings. The minimum Gasteiger partial charge on any atom is -0.387 e. The number of aliphatic hydroxyl groups is 1. The largest absolute Gasteiger partial charge is 0.433 e. The molecule has 7 heteroatoms. The van der Waals surface area contributed by atoms with Crippen LogP contribution in [0.4, 0.5) is 13.2 Å². The summed E-state index contributed by atoms with van der Waals surface area (Å²) in [5, 5.41) is 15.2. The Morgan fingerprint density at radius 1 is 1.11 bits per heavy atom. The minimum absolute atomic E-state index is 0.0573. The number of nitrogens with one attached hydrogen (secondary N) is 1. The maximum absolute atomic E-state index is 12.8. The van der Waals surface area contributed by atoms with Crippen LogP contribution >= 0.6 is 0 Å². The van der Waals surface area contributed by atoms with Crippen LogP contribution in [-0.2, 0) is 6.18 Å². The van der Waals surface area contributed by atoms with Crippen LogP contribution < -0.4 is 5.32 Å². The van der Waals surface area contributed by atoms with E-state index in [-0.39, 0.29) is 6.04 Å². The number of hydrogen-bond acceptors (Lipinski definition) is 4. The summed E-state index contributed by atoms with van der Waals surface area (Å²) in [4.78, 5) is 8.10. The van der Waals surface area contributed by atoms with E-state index in [1.165, 1.54) is 12.3 Å². The van der Waals surface area contributed by atoms with Gasteiger partial charge in [-0.3, -0.25) is 4.98 Å². The molecular formula is C21H20F3N3O.